The highest BCUT2D eigenvalue weighted by Crippen LogP contribution is 1.99. The molecule has 0 fully saturated rings. The normalized spacial score (nSPS) is 13.0. The molecule has 0 aliphatic heterocycles. The van der Waals surface area contributed by atoms with Gasteiger partial charge < -0.3 is 10.1 Å². The first kappa shape index (κ1) is 14.9. The van der Waals surface area contributed by atoms with Crippen molar-refractivity contribution in [2.45, 2.75) is 65.3 Å². The molecule has 0 heterocycles. The molecule has 0 aromatic heterocycles. The lowest BCUT2D eigenvalue weighted by molar-refractivity contribution is 0.124. The van der Waals surface area contributed by atoms with Gasteiger partial charge in [0.1, 0.15) is 0 Å². The van der Waals surface area contributed by atoms with Crippen LogP contribution in [0.3, 0.4) is 0 Å². The van der Waals surface area contributed by atoms with Crippen molar-refractivity contribution in [3.63, 3.8) is 0 Å². The molecule has 1 atom stereocenters. The summed E-state index contributed by atoms with van der Waals surface area (Å²) in [5.74, 6) is 0. The Morgan fingerprint density at radius 3 is 2.40 bits per heavy atom. The average Bonchev–Trinajstić information content (AvgIpc) is 2.25. The maximum Gasteiger partial charge on any atom is 0.0466 e. The fourth-order valence-corrected chi connectivity index (χ4v) is 1.54. The van der Waals surface area contributed by atoms with Crippen molar-refractivity contribution in [3.8, 4) is 0 Å². The zero-order chi connectivity index (χ0) is 11.4. The molecule has 0 bridgehead atoms. The van der Waals surface area contributed by atoms with Gasteiger partial charge in [-0.15, -0.1) is 0 Å². The van der Waals surface area contributed by atoms with Crippen LogP contribution in [-0.4, -0.2) is 25.8 Å². The van der Waals surface area contributed by atoms with E-state index in [-0.39, 0.29) is 0 Å². The zero-order valence-electron chi connectivity index (χ0n) is 10.8. The van der Waals surface area contributed by atoms with Gasteiger partial charge in [0.05, 0.1) is 0 Å². The highest BCUT2D eigenvalue weighted by atomic mass is 16.5. The van der Waals surface area contributed by atoms with Crippen molar-refractivity contribution in [1.82, 2.24) is 5.32 Å². The number of ether oxygens (including phenoxy) is 1. The molecule has 0 saturated heterocycles. The third kappa shape index (κ3) is 11.8. The topological polar surface area (TPSA) is 21.3 Å². The Labute approximate surface area is 95.8 Å². The van der Waals surface area contributed by atoms with Crippen LogP contribution in [0.4, 0.5) is 0 Å². The van der Waals surface area contributed by atoms with E-state index in [0.29, 0.717) is 6.04 Å². The largest absolute Gasteiger partial charge is 0.381 e. The molecule has 0 saturated carbocycles. The monoisotopic (exact) mass is 215 g/mol. The number of rotatable bonds is 11. The first-order valence-corrected chi connectivity index (χ1v) is 6.62. The van der Waals surface area contributed by atoms with Crippen molar-refractivity contribution in [3.05, 3.63) is 0 Å². The Morgan fingerprint density at radius 1 is 1.00 bits per heavy atom. The second-order valence-corrected chi connectivity index (χ2v) is 4.32. The molecular formula is C13H29NO. The lowest BCUT2D eigenvalue weighted by Crippen LogP contribution is -2.26. The smallest absolute Gasteiger partial charge is 0.0466 e. The van der Waals surface area contributed by atoms with Gasteiger partial charge in [-0.1, -0.05) is 26.7 Å². The fourth-order valence-electron chi connectivity index (χ4n) is 1.54. The first-order valence-electron chi connectivity index (χ1n) is 6.62. The lowest BCUT2D eigenvalue weighted by Gasteiger charge is -2.12. The van der Waals surface area contributed by atoms with Gasteiger partial charge in [-0.3, -0.25) is 0 Å². The highest BCUT2D eigenvalue weighted by molar-refractivity contribution is 4.59. The first-order chi connectivity index (χ1) is 7.31. The van der Waals surface area contributed by atoms with Crippen LogP contribution >= 0.6 is 0 Å². The number of nitrogens with one attached hydrogen (secondary N) is 1. The van der Waals surface area contributed by atoms with Crippen molar-refractivity contribution in [1.29, 1.82) is 0 Å². The Kier molecular flexibility index (Phi) is 11.9. The molecule has 0 aliphatic carbocycles. The molecule has 92 valence electrons. The molecule has 0 radical (unpaired) electrons. The molecule has 2 heteroatoms. The average molecular weight is 215 g/mol. The van der Waals surface area contributed by atoms with E-state index in [1.807, 2.05) is 0 Å². The maximum atomic E-state index is 5.56. The van der Waals surface area contributed by atoms with Crippen LogP contribution in [0.2, 0.25) is 0 Å². The second kappa shape index (κ2) is 12.0. The number of hydrogen-bond acceptors (Lipinski definition) is 2. The Morgan fingerprint density at radius 2 is 1.73 bits per heavy atom. The van der Waals surface area contributed by atoms with Gasteiger partial charge in [-0.25, -0.2) is 0 Å². The predicted molar refractivity (Wildman–Crippen MR) is 67.3 cm³/mol. The van der Waals surface area contributed by atoms with E-state index in [0.717, 1.165) is 19.8 Å². The molecule has 0 amide bonds. The van der Waals surface area contributed by atoms with Gasteiger partial charge in [-0.05, 0) is 39.2 Å². The minimum atomic E-state index is 0.643. The van der Waals surface area contributed by atoms with Gasteiger partial charge in [0.2, 0.25) is 0 Å². The summed E-state index contributed by atoms with van der Waals surface area (Å²) in [7, 11) is 0. The summed E-state index contributed by atoms with van der Waals surface area (Å²) in [6.45, 7) is 9.70. The molecule has 0 spiro atoms. The fraction of sp³-hybridized carbons (Fsp3) is 1.00. The van der Waals surface area contributed by atoms with Crippen LogP contribution in [0, 0.1) is 0 Å². The number of unbranched alkanes of at least 4 members (excludes halogenated alkanes) is 2. The quantitative estimate of drug-likeness (QED) is 0.534. The molecular weight excluding hydrogens is 186 g/mol. The van der Waals surface area contributed by atoms with E-state index >= 15 is 0 Å². The molecule has 0 aromatic carbocycles. The minimum absolute atomic E-state index is 0.643. The summed E-state index contributed by atoms with van der Waals surface area (Å²) < 4.78 is 5.56. The third-order valence-corrected chi connectivity index (χ3v) is 2.56. The number of hydrogen-bond donors (Lipinski definition) is 1. The van der Waals surface area contributed by atoms with Crippen LogP contribution in [0.1, 0.15) is 59.3 Å². The molecule has 1 N–H and O–H groups in total. The van der Waals surface area contributed by atoms with Gasteiger partial charge in [0.25, 0.3) is 0 Å². The van der Waals surface area contributed by atoms with Crippen molar-refractivity contribution < 1.29 is 4.74 Å². The molecule has 15 heavy (non-hydrogen) atoms. The summed E-state index contributed by atoms with van der Waals surface area (Å²) in [5.41, 5.74) is 0. The highest BCUT2D eigenvalue weighted by Gasteiger charge is 1.99. The molecule has 0 aromatic rings. The maximum absolute atomic E-state index is 5.56. The van der Waals surface area contributed by atoms with Gasteiger partial charge in [0, 0.05) is 19.3 Å². The summed E-state index contributed by atoms with van der Waals surface area (Å²) >= 11 is 0. The van der Waals surface area contributed by atoms with E-state index in [4.69, 9.17) is 4.74 Å². The molecule has 2 nitrogen and oxygen atoms in total. The van der Waals surface area contributed by atoms with E-state index in [9.17, 15) is 0 Å². The van der Waals surface area contributed by atoms with Crippen molar-refractivity contribution in [2.24, 2.45) is 0 Å². The zero-order valence-corrected chi connectivity index (χ0v) is 10.8. The summed E-state index contributed by atoms with van der Waals surface area (Å²) in [5, 5.41) is 3.49. The van der Waals surface area contributed by atoms with Gasteiger partial charge in [-0.2, -0.15) is 0 Å². The van der Waals surface area contributed by atoms with E-state index in [1.54, 1.807) is 0 Å². The van der Waals surface area contributed by atoms with Crippen LogP contribution in [-0.2, 0) is 4.74 Å². The van der Waals surface area contributed by atoms with Crippen LogP contribution in [0.25, 0.3) is 0 Å². The van der Waals surface area contributed by atoms with Gasteiger partial charge >= 0.3 is 0 Å². The minimum Gasteiger partial charge on any atom is -0.381 e. The van der Waals surface area contributed by atoms with E-state index in [2.05, 4.69) is 26.1 Å². The summed E-state index contributed by atoms with van der Waals surface area (Å²) in [4.78, 5) is 0. The van der Waals surface area contributed by atoms with E-state index < -0.39 is 0 Å². The molecule has 0 rings (SSSR count). The van der Waals surface area contributed by atoms with Gasteiger partial charge in [0.15, 0.2) is 0 Å². The summed E-state index contributed by atoms with van der Waals surface area (Å²) in [6, 6.07) is 0.643. The molecule has 1 unspecified atom stereocenters. The van der Waals surface area contributed by atoms with Crippen molar-refractivity contribution >= 4 is 0 Å². The summed E-state index contributed by atoms with van der Waals surface area (Å²) in [6.07, 6.45) is 7.44. The van der Waals surface area contributed by atoms with E-state index in [1.165, 1.54) is 38.5 Å². The SMILES string of the molecule is CCCCCOCCCC(C)NCCC. The van der Waals surface area contributed by atoms with Crippen LogP contribution in [0.5, 0.6) is 0 Å². The second-order valence-electron chi connectivity index (χ2n) is 4.32. The Bertz CT molecular complexity index is 117. The molecule has 0 aliphatic rings. The predicted octanol–water partition coefficient (Wildman–Crippen LogP) is 3.36. The third-order valence-electron chi connectivity index (χ3n) is 2.56. The Balaban J connectivity index is 3.02. The standard InChI is InChI=1S/C13H29NO/c1-4-6-7-11-15-12-8-9-13(3)14-10-5-2/h13-14H,4-12H2,1-3H3. The lowest BCUT2D eigenvalue weighted by atomic mass is 10.2. The van der Waals surface area contributed by atoms with Crippen molar-refractivity contribution in [2.75, 3.05) is 19.8 Å². The van der Waals surface area contributed by atoms with Crippen LogP contribution in [0.15, 0.2) is 0 Å². The Hall–Kier alpha value is -0.0800. The van der Waals surface area contributed by atoms with Crippen LogP contribution < -0.4 is 5.32 Å².